The summed E-state index contributed by atoms with van der Waals surface area (Å²) in [6.45, 7) is 9.25. The molecule has 2 saturated heterocycles. The van der Waals surface area contributed by atoms with Crippen LogP contribution in [-0.2, 0) is 23.8 Å². The van der Waals surface area contributed by atoms with Gasteiger partial charge in [-0.1, -0.05) is 18.2 Å². The minimum absolute atomic E-state index is 0.210. The van der Waals surface area contributed by atoms with Crippen LogP contribution in [0.4, 0.5) is 0 Å². The van der Waals surface area contributed by atoms with Gasteiger partial charge in [0.1, 0.15) is 18.3 Å². The summed E-state index contributed by atoms with van der Waals surface area (Å²) in [5.41, 5.74) is 1.40. The van der Waals surface area contributed by atoms with Crippen molar-refractivity contribution < 1.29 is 28.9 Å². The summed E-state index contributed by atoms with van der Waals surface area (Å²) in [5, 5.41) is 8.99. The third-order valence-corrected chi connectivity index (χ3v) is 5.54. The number of aliphatic hydroxyl groups excluding tert-OH is 1. The van der Waals surface area contributed by atoms with Crippen molar-refractivity contribution >= 4 is 11.9 Å². The summed E-state index contributed by atoms with van der Waals surface area (Å²) in [4.78, 5) is 24.6. The highest BCUT2D eigenvalue weighted by Crippen LogP contribution is 2.50. The van der Waals surface area contributed by atoms with Gasteiger partial charge in [-0.15, -0.1) is 0 Å². The molecule has 6 heteroatoms. The minimum atomic E-state index is -0.573. The average molecular weight is 362 g/mol. The van der Waals surface area contributed by atoms with E-state index in [2.05, 4.69) is 12.7 Å². The second-order valence-corrected chi connectivity index (χ2v) is 7.58. The lowest BCUT2D eigenvalue weighted by atomic mass is 9.82. The van der Waals surface area contributed by atoms with Crippen LogP contribution in [0.15, 0.2) is 35.5 Å². The summed E-state index contributed by atoms with van der Waals surface area (Å²) in [6.07, 6.45) is 4.45. The molecule has 1 N–H and O–H groups in total. The lowest BCUT2D eigenvalue weighted by Crippen LogP contribution is -2.38. The molecule has 0 unspecified atom stereocenters. The van der Waals surface area contributed by atoms with Crippen LogP contribution in [0.3, 0.4) is 0 Å². The third kappa shape index (κ3) is 3.48. The first-order valence-corrected chi connectivity index (χ1v) is 8.98. The predicted molar refractivity (Wildman–Crippen MR) is 94.1 cm³/mol. The van der Waals surface area contributed by atoms with Crippen LogP contribution in [0.1, 0.15) is 40.0 Å². The summed E-state index contributed by atoms with van der Waals surface area (Å²) in [7, 11) is 0. The number of hydrogen-bond acceptors (Lipinski definition) is 6. The molecule has 142 valence electrons. The molecule has 5 atom stereocenters. The quantitative estimate of drug-likeness (QED) is 0.359. The Morgan fingerprint density at radius 3 is 2.96 bits per heavy atom. The van der Waals surface area contributed by atoms with Crippen LogP contribution in [-0.4, -0.2) is 47.6 Å². The van der Waals surface area contributed by atoms with Crippen LogP contribution in [0.25, 0.3) is 0 Å². The highest BCUT2D eigenvalue weighted by atomic mass is 16.6. The first kappa shape index (κ1) is 18.9. The van der Waals surface area contributed by atoms with Crippen molar-refractivity contribution in [1.82, 2.24) is 0 Å². The summed E-state index contributed by atoms with van der Waals surface area (Å²) in [6, 6.07) is 0. The number of hydrogen-bond donors (Lipinski definition) is 1. The van der Waals surface area contributed by atoms with Crippen LogP contribution in [0.2, 0.25) is 0 Å². The smallest absolute Gasteiger partial charge is 0.334 e. The molecule has 0 saturated carbocycles. The molecule has 3 aliphatic rings. The maximum Gasteiger partial charge on any atom is 0.334 e. The van der Waals surface area contributed by atoms with Gasteiger partial charge in [-0.3, -0.25) is 0 Å². The van der Waals surface area contributed by atoms with Gasteiger partial charge in [0.2, 0.25) is 0 Å². The number of aliphatic hydroxyl groups is 1. The minimum Gasteiger partial charge on any atom is -0.458 e. The molecule has 1 aliphatic carbocycles. The summed E-state index contributed by atoms with van der Waals surface area (Å²) >= 11 is 0. The van der Waals surface area contributed by atoms with Crippen molar-refractivity contribution in [3.8, 4) is 0 Å². The molecule has 6 nitrogen and oxygen atoms in total. The van der Waals surface area contributed by atoms with E-state index in [0.29, 0.717) is 17.6 Å². The number of epoxide rings is 1. The fourth-order valence-corrected chi connectivity index (χ4v) is 3.86. The van der Waals surface area contributed by atoms with Gasteiger partial charge in [-0.2, -0.15) is 0 Å². The highest BCUT2D eigenvalue weighted by molar-refractivity contribution is 5.91. The predicted octanol–water partition coefficient (Wildman–Crippen LogP) is 2.22. The molecule has 3 rings (SSSR count). The van der Waals surface area contributed by atoms with E-state index in [4.69, 9.17) is 19.3 Å². The largest absolute Gasteiger partial charge is 0.458 e. The second kappa shape index (κ2) is 7.00. The first-order chi connectivity index (χ1) is 12.3. The Labute approximate surface area is 153 Å². The molecule has 0 amide bonds. The zero-order chi connectivity index (χ0) is 19.1. The average Bonchev–Trinajstić information content (AvgIpc) is 3.15. The van der Waals surface area contributed by atoms with Gasteiger partial charge < -0.3 is 19.3 Å². The van der Waals surface area contributed by atoms with E-state index in [1.54, 1.807) is 6.92 Å². The number of ether oxygens (including phenoxy) is 3. The van der Waals surface area contributed by atoms with Crippen molar-refractivity contribution in [3.63, 3.8) is 0 Å². The van der Waals surface area contributed by atoms with Gasteiger partial charge >= 0.3 is 11.9 Å². The number of carbonyl (C=O) groups is 2. The molecule has 0 aromatic rings. The second-order valence-electron chi connectivity index (χ2n) is 7.58. The van der Waals surface area contributed by atoms with E-state index >= 15 is 0 Å². The molecule has 0 spiro atoms. The van der Waals surface area contributed by atoms with E-state index < -0.39 is 30.1 Å². The first-order valence-electron chi connectivity index (χ1n) is 8.98. The van der Waals surface area contributed by atoms with Crippen LogP contribution < -0.4 is 0 Å². The monoisotopic (exact) mass is 362 g/mol. The van der Waals surface area contributed by atoms with Crippen LogP contribution >= 0.6 is 0 Å². The Kier molecular flexibility index (Phi) is 5.08. The van der Waals surface area contributed by atoms with E-state index in [0.717, 1.165) is 18.4 Å². The number of rotatable bonds is 3. The van der Waals surface area contributed by atoms with Gasteiger partial charge in [0.25, 0.3) is 0 Å². The number of carbonyl (C=O) groups excluding carboxylic acids is 2. The normalized spacial score (nSPS) is 39.2. The van der Waals surface area contributed by atoms with E-state index in [1.165, 1.54) is 6.08 Å². The van der Waals surface area contributed by atoms with Crippen molar-refractivity contribution in [1.29, 1.82) is 0 Å². The molecule has 0 radical (unpaired) electrons. The molecule has 2 heterocycles. The Bertz CT molecular complexity index is 690. The summed E-state index contributed by atoms with van der Waals surface area (Å²) < 4.78 is 17.2. The molecule has 2 fully saturated rings. The van der Waals surface area contributed by atoms with E-state index in [1.807, 2.05) is 13.8 Å². The number of fused-ring (bicyclic) bond motifs is 3. The Morgan fingerprint density at radius 1 is 1.54 bits per heavy atom. The highest BCUT2D eigenvalue weighted by Gasteiger charge is 2.63. The lowest BCUT2D eigenvalue weighted by molar-refractivity contribution is -0.148. The lowest BCUT2D eigenvalue weighted by Gasteiger charge is -2.28. The number of esters is 2. The Hall–Kier alpha value is -1.92. The molecular weight excluding hydrogens is 336 g/mol. The van der Waals surface area contributed by atoms with Gasteiger partial charge in [0.05, 0.1) is 18.1 Å². The van der Waals surface area contributed by atoms with Gasteiger partial charge in [0, 0.05) is 17.6 Å². The van der Waals surface area contributed by atoms with Gasteiger partial charge in [-0.25, -0.2) is 9.59 Å². The fraction of sp³-hybridized carbons (Fsp3) is 0.600. The summed E-state index contributed by atoms with van der Waals surface area (Å²) in [5.74, 6) is -1.41. The fourth-order valence-electron chi connectivity index (χ4n) is 3.86. The zero-order valence-corrected chi connectivity index (χ0v) is 15.5. The standard InChI is InChI=1S/C20H26O6/c1-11-6-5-8-20(4)17(26-20)16-15(13(3)19(23)25-16)14(10-11)24-18(22)12(2)7-9-21/h6-7,14-17,21H,3,5,8-10H2,1-2,4H3/b11-6-,12-7+/t14-,15+,16+,17+,20-/m1/s1. The SMILES string of the molecule is C=C1C(=O)O[C@H]2[C@@H]1[C@H](OC(=O)/C(C)=C/CO)C/C(C)=C\CC[C@@]1(C)O[C@@H]21. The third-order valence-electron chi connectivity index (χ3n) is 5.54. The van der Waals surface area contributed by atoms with Crippen molar-refractivity contribution in [2.75, 3.05) is 6.61 Å². The van der Waals surface area contributed by atoms with E-state index in [9.17, 15) is 9.59 Å². The molecule has 26 heavy (non-hydrogen) atoms. The van der Waals surface area contributed by atoms with Crippen molar-refractivity contribution in [2.45, 2.75) is 63.9 Å². The maximum absolute atomic E-state index is 12.4. The van der Waals surface area contributed by atoms with Gasteiger partial charge in [-0.05, 0) is 39.7 Å². The molecule has 0 bridgehead atoms. The van der Waals surface area contributed by atoms with Crippen molar-refractivity contribution in [2.24, 2.45) is 5.92 Å². The van der Waals surface area contributed by atoms with Crippen LogP contribution in [0, 0.1) is 5.92 Å². The van der Waals surface area contributed by atoms with Crippen LogP contribution in [0.5, 0.6) is 0 Å². The molecular formula is C20H26O6. The Balaban J connectivity index is 1.92. The molecule has 0 aromatic heterocycles. The van der Waals surface area contributed by atoms with Crippen molar-refractivity contribution in [3.05, 3.63) is 35.5 Å². The number of allylic oxidation sites excluding steroid dienone is 1. The maximum atomic E-state index is 12.4. The Morgan fingerprint density at radius 2 is 2.27 bits per heavy atom. The van der Waals surface area contributed by atoms with Gasteiger partial charge in [0.15, 0.2) is 0 Å². The molecule has 0 aromatic carbocycles. The topological polar surface area (TPSA) is 85.4 Å². The van der Waals surface area contributed by atoms with E-state index in [-0.39, 0.29) is 18.3 Å². The molecule has 2 aliphatic heterocycles. The zero-order valence-electron chi connectivity index (χ0n) is 15.5.